The van der Waals surface area contributed by atoms with Gasteiger partial charge in [-0.3, -0.25) is 0 Å². The number of hydrogen-bond donors (Lipinski definition) is 3. The zero-order valence-electron chi connectivity index (χ0n) is 11.7. The van der Waals surface area contributed by atoms with E-state index in [0.717, 1.165) is 16.5 Å². The molecule has 0 aliphatic carbocycles. The summed E-state index contributed by atoms with van der Waals surface area (Å²) in [5.74, 6) is 0. The number of halogens is 1. The first-order valence-corrected chi connectivity index (χ1v) is 7.27. The molecule has 5 nitrogen and oxygen atoms in total. The van der Waals surface area contributed by atoms with Gasteiger partial charge in [-0.05, 0) is 25.0 Å². The van der Waals surface area contributed by atoms with Crippen molar-refractivity contribution in [2.75, 3.05) is 20.3 Å². The van der Waals surface area contributed by atoms with E-state index in [4.69, 9.17) is 4.74 Å². The largest absolute Gasteiger partial charge is 0.389 e. The zero-order chi connectivity index (χ0) is 15.0. The van der Waals surface area contributed by atoms with Gasteiger partial charge < -0.3 is 20.5 Å². The summed E-state index contributed by atoms with van der Waals surface area (Å²) in [5.41, 5.74) is 1.14. The lowest BCUT2D eigenvalue weighted by molar-refractivity contribution is 0.0659. The molecule has 6 heteroatoms. The molecule has 112 valence electrons. The fraction of sp³-hybridized carbons (Fsp3) is 0.500. The molecular formula is C14H21BrN2O3. The topological polar surface area (TPSA) is 70.6 Å². The van der Waals surface area contributed by atoms with Gasteiger partial charge in [0.1, 0.15) is 0 Å². The van der Waals surface area contributed by atoms with Crippen molar-refractivity contribution < 1.29 is 14.6 Å². The van der Waals surface area contributed by atoms with E-state index in [1.165, 1.54) is 7.11 Å². The van der Waals surface area contributed by atoms with Crippen molar-refractivity contribution in [3.05, 3.63) is 34.3 Å². The van der Waals surface area contributed by atoms with Crippen LogP contribution in [0.3, 0.4) is 0 Å². The number of benzene rings is 1. The van der Waals surface area contributed by atoms with Crippen LogP contribution >= 0.6 is 15.9 Å². The summed E-state index contributed by atoms with van der Waals surface area (Å²) in [4.78, 5) is 11.7. The summed E-state index contributed by atoms with van der Waals surface area (Å²) in [6.45, 7) is 2.30. The highest BCUT2D eigenvalue weighted by atomic mass is 79.9. The van der Waals surface area contributed by atoms with E-state index in [2.05, 4.69) is 26.6 Å². The molecule has 0 saturated heterocycles. The SMILES string of the molecule is COC[C@H](O)CNC(=O)N[C@@H](C)Cc1ccccc1Br. The molecule has 1 aromatic carbocycles. The monoisotopic (exact) mass is 344 g/mol. The van der Waals surface area contributed by atoms with E-state index in [9.17, 15) is 9.90 Å². The number of carbonyl (C=O) groups is 1. The zero-order valence-corrected chi connectivity index (χ0v) is 13.3. The average molecular weight is 345 g/mol. The number of urea groups is 1. The average Bonchev–Trinajstić information content (AvgIpc) is 2.39. The Morgan fingerprint density at radius 1 is 1.45 bits per heavy atom. The van der Waals surface area contributed by atoms with E-state index in [1.807, 2.05) is 31.2 Å². The first-order valence-electron chi connectivity index (χ1n) is 6.47. The summed E-state index contributed by atoms with van der Waals surface area (Å²) in [6.07, 6.45) is 0.0412. The molecule has 1 aromatic rings. The van der Waals surface area contributed by atoms with Gasteiger partial charge >= 0.3 is 6.03 Å². The van der Waals surface area contributed by atoms with Crippen LogP contribution in [0.2, 0.25) is 0 Å². The molecule has 0 bridgehead atoms. The van der Waals surface area contributed by atoms with E-state index in [0.29, 0.717) is 0 Å². The smallest absolute Gasteiger partial charge is 0.315 e. The molecule has 2 atom stereocenters. The Kier molecular flexibility index (Phi) is 7.58. The lowest BCUT2D eigenvalue weighted by atomic mass is 10.1. The Hall–Kier alpha value is -1.11. The van der Waals surface area contributed by atoms with Crippen molar-refractivity contribution in [2.45, 2.75) is 25.5 Å². The van der Waals surface area contributed by atoms with Crippen molar-refractivity contribution >= 4 is 22.0 Å². The lowest BCUT2D eigenvalue weighted by Gasteiger charge is -2.16. The van der Waals surface area contributed by atoms with Crippen LogP contribution in [0, 0.1) is 0 Å². The van der Waals surface area contributed by atoms with Gasteiger partial charge in [-0.25, -0.2) is 4.79 Å². The molecule has 2 amide bonds. The molecule has 20 heavy (non-hydrogen) atoms. The summed E-state index contributed by atoms with van der Waals surface area (Å²) < 4.78 is 5.81. The minimum absolute atomic E-state index is 0.00623. The molecule has 0 spiro atoms. The summed E-state index contributed by atoms with van der Waals surface area (Å²) in [6, 6.07) is 7.61. The number of amides is 2. The summed E-state index contributed by atoms with van der Waals surface area (Å²) >= 11 is 3.48. The first-order chi connectivity index (χ1) is 9.52. The third kappa shape index (κ3) is 6.36. The molecule has 0 aliphatic heterocycles. The van der Waals surface area contributed by atoms with Gasteiger partial charge in [-0.15, -0.1) is 0 Å². The number of aliphatic hydroxyl groups is 1. The quantitative estimate of drug-likeness (QED) is 0.704. The fourth-order valence-corrected chi connectivity index (χ4v) is 2.23. The van der Waals surface area contributed by atoms with Crippen molar-refractivity contribution in [3.63, 3.8) is 0 Å². The molecule has 0 radical (unpaired) electrons. The van der Waals surface area contributed by atoms with E-state index < -0.39 is 6.10 Å². The highest BCUT2D eigenvalue weighted by molar-refractivity contribution is 9.10. The second kappa shape index (κ2) is 8.94. The van der Waals surface area contributed by atoms with Crippen LogP contribution in [-0.2, 0) is 11.2 Å². The van der Waals surface area contributed by atoms with Gasteiger partial charge in [0.25, 0.3) is 0 Å². The Bertz CT molecular complexity index is 429. The maximum absolute atomic E-state index is 11.7. The van der Waals surface area contributed by atoms with E-state index >= 15 is 0 Å². The van der Waals surface area contributed by atoms with Gasteiger partial charge in [0, 0.05) is 24.2 Å². The predicted octanol–water partition coefficient (Wildman–Crippen LogP) is 1.69. The maximum Gasteiger partial charge on any atom is 0.315 e. The third-order valence-electron chi connectivity index (χ3n) is 2.72. The molecule has 1 rings (SSSR count). The van der Waals surface area contributed by atoms with E-state index in [-0.39, 0.29) is 25.2 Å². The minimum Gasteiger partial charge on any atom is -0.389 e. The first kappa shape index (κ1) is 16.9. The molecule has 0 aromatic heterocycles. The Labute approximate surface area is 127 Å². The number of methoxy groups -OCH3 is 1. The summed E-state index contributed by atoms with van der Waals surface area (Å²) in [7, 11) is 1.50. The predicted molar refractivity (Wildman–Crippen MR) is 81.7 cm³/mol. The molecule has 0 aliphatic rings. The third-order valence-corrected chi connectivity index (χ3v) is 3.49. The van der Waals surface area contributed by atoms with E-state index in [1.54, 1.807) is 0 Å². The number of aliphatic hydroxyl groups excluding tert-OH is 1. The highest BCUT2D eigenvalue weighted by Gasteiger charge is 2.11. The van der Waals surface area contributed by atoms with Gasteiger partial charge in [0.15, 0.2) is 0 Å². The van der Waals surface area contributed by atoms with Crippen LogP contribution in [0.25, 0.3) is 0 Å². The van der Waals surface area contributed by atoms with Crippen LogP contribution in [0.4, 0.5) is 4.79 Å². The molecule has 0 fully saturated rings. The molecule has 0 saturated carbocycles. The normalized spacial score (nSPS) is 13.6. The standard InChI is InChI=1S/C14H21BrN2O3/c1-10(7-11-5-3-4-6-13(11)15)17-14(19)16-8-12(18)9-20-2/h3-6,10,12,18H,7-9H2,1-2H3,(H2,16,17,19)/t10-,12+/m0/s1. The minimum atomic E-state index is -0.690. The lowest BCUT2D eigenvalue weighted by Crippen LogP contribution is -2.44. The Morgan fingerprint density at radius 3 is 2.80 bits per heavy atom. The Balaban J connectivity index is 2.33. The van der Waals surface area contributed by atoms with Gasteiger partial charge in [-0.1, -0.05) is 34.1 Å². The van der Waals surface area contributed by atoms with Crippen LogP contribution in [0.1, 0.15) is 12.5 Å². The van der Waals surface area contributed by atoms with Crippen LogP contribution in [0.15, 0.2) is 28.7 Å². The molecular weight excluding hydrogens is 324 g/mol. The van der Waals surface area contributed by atoms with Gasteiger partial charge in [0.2, 0.25) is 0 Å². The number of carbonyl (C=O) groups excluding carboxylic acids is 1. The number of ether oxygens (including phenoxy) is 1. The highest BCUT2D eigenvalue weighted by Crippen LogP contribution is 2.17. The van der Waals surface area contributed by atoms with Gasteiger partial charge in [0.05, 0.1) is 12.7 Å². The molecule has 3 N–H and O–H groups in total. The van der Waals surface area contributed by atoms with Crippen molar-refractivity contribution in [2.24, 2.45) is 0 Å². The van der Waals surface area contributed by atoms with Gasteiger partial charge in [-0.2, -0.15) is 0 Å². The maximum atomic E-state index is 11.7. The molecule has 0 unspecified atom stereocenters. The summed E-state index contributed by atoms with van der Waals surface area (Å²) in [5, 5.41) is 14.9. The number of rotatable bonds is 7. The second-order valence-corrected chi connectivity index (χ2v) is 5.51. The number of hydrogen-bond acceptors (Lipinski definition) is 3. The van der Waals surface area contributed by atoms with Crippen molar-refractivity contribution in [1.29, 1.82) is 0 Å². The van der Waals surface area contributed by atoms with Crippen molar-refractivity contribution in [1.82, 2.24) is 10.6 Å². The molecule has 0 heterocycles. The Morgan fingerprint density at radius 2 is 2.15 bits per heavy atom. The van der Waals surface area contributed by atoms with Crippen LogP contribution in [-0.4, -0.2) is 43.5 Å². The van der Waals surface area contributed by atoms with Crippen LogP contribution < -0.4 is 10.6 Å². The fourth-order valence-electron chi connectivity index (χ4n) is 1.78. The van der Waals surface area contributed by atoms with Crippen LogP contribution in [0.5, 0.6) is 0 Å². The second-order valence-electron chi connectivity index (χ2n) is 4.66. The van der Waals surface area contributed by atoms with Crippen molar-refractivity contribution in [3.8, 4) is 0 Å². The number of nitrogens with one attached hydrogen (secondary N) is 2.